The van der Waals surface area contributed by atoms with Gasteiger partial charge in [0, 0.05) is 10.6 Å². The Bertz CT molecular complexity index is 1190. The summed E-state index contributed by atoms with van der Waals surface area (Å²) in [6, 6.07) is 15.0. The molecule has 1 aliphatic rings. The topological polar surface area (TPSA) is 87.7 Å². The first-order chi connectivity index (χ1) is 14.8. The van der Waals surface area contributed by atoms with E-state index >= 15 is 0 Å². The van der Waals surface area contributed by atoms with E-state index in [1.165, 1.54) is 30.0 Å². The normalized spacial score (nSPS) is 15.9. The highest BCUT2D eigenvalue weighted by molar-refractivity contribution is 7.98. The standard InChI is InChI=1S/C22H17F3N4OS/c1-12-6-8-13(9-7-12)31-11-17-19-18(14-4-2-3-5-16(14)22(23,24)25)15(10-26)20(27)30-21(19)29-28-17/h2-9,18H,11,27H2,1H3,(H,28,29)/t18-/m0/s1. The number of nitrogens with two attached hydrogens (primary N) is 1. The first kappa shape index (κ1) is 20.9. The number of ether oxygens (including phenoxy) is 1. The zero-order valence-corrected chi connectivity index (χ0v) is 17.1. The highest BCUT2D eigenvalue weighted by Crippen LogP contribution is 2.47. The first-order valence-electron chi connectivity index (χ1n) is 9.30. The average molecular weight is 442 g/mol. The molecule has 1 atom stereocenters. The largest absolute Gasteiger partial charge is 0.420 e. The van der Waals surface area contributed by atoms with Crippen molar-refractivity contribution >= 4 is 11.8 Å². The summed E-state index contributed by atoms with van der Waals surface area (Å²) in [5.41, 5.74) is 6.99. The SMILES string of the molecule is Cc1ccc(SCc2[nH]nc3c2[C@@H](c2ccccc2C(F)(F)F)C(C#N)=C(N)O3)cc1. The Balaban J connectivity index is 1.80. The molecule has 0 spiro atoms. The van der Waals surface area contributed by atoms with Crippen LogP contribution in [0.1, 0.15) is 33.9 Å². The molecular formula is C22H17F3N4OS. The number of nitrogens with one attached hydrogen (secondary N) is 1. The van der Waals surface area contributed by atoms with Crippen molar-refractivity contribution in [2.24, 2.45) is 5.73 Å². The average Bonchev–Trinajstić information content (AvgIpc) is 3.14. The van der Waals surface area contributed by atoms with E-state index in [2.05, 4.69) is 10.2 Å². The zero-order chi connectivity index (χ0) is 22.2. The van der Waals surface area contributed by atoms with Gasteiger partial charge in [0.05, 0.1) is 22.7 Å². The molecule has 3 N–H and O–H groups in total. The van der Waals surface area contributed by atoms with Crippen LogP contribution < -0.4 is 10.5 Å². The van der Waals surface area contributed by atoms with E-state index in [0.29, 0.717) is 17.0 Å². The number of aromatic amines is 1. The van der Waals surface area contributed by atoms with Crippen molar-refractivity contribution in [3.8, 4) is 11.9 Å². The lowest BCUT2D eigenvalue weighted by Gasteiger charge is -2.26. The van der Waals surface area contributed by atoms with Crippen molar-refractivity contribution in [1.82, 2.24) is 10.2 Å². The third-order valence-corrected chi connectivity index (χ3v) is 6.04. The van der Waals surface area contributed by atoms with Crippen LogP contribution in [0.2, 0.25) is 0 Å². The lowest BCUT2D eigenvalue weighted by molar-refractivity contribution is -0.138. The van der Waals surface area contributed by atoms with E-state index < -0.39 is 17.7 Å². The second-order valence-corrected chi connectivity index (χ2v) is 8.08. The summed E-state index contributed by atoms with van der Waals surface area (Å²) in [5.74, 6) is -0.809. The van der Waals surface area contributed by atoms with Crippen LogP contribution in [-0.2, 0) is 11.9 Å². The quantitative estimate of drug-likeness (QED) is 0.539. The van der Waals surface area contributed by atoms with Crippen molar-refractivity contribution in [3.63, 3.8) is 0 Å². The third kappa shape index (κ3) is 3.99. The number of hydrogen-bond acceptors (Lipinski definition) is 5. The zero-order valence-electron chi connectivity index (χ0n) is 16.3. The summed E-state index contributed by atoms with van der Waals surface area (Å²) in [6.07, 6.45) is -4.59. The highest BCUT2D eigenvalue weighted by atomic mass is 32.2. The number of thioether (sulfide) groups is 1. The third-order valence-electron chi connectivity index (χ3n) is 5.00. The molecule has 2 heterocycles. The van der Waals surface area contributed by atoms with Gasteiger partial charge in [-0.25, -0.2) is 0 Å². The molecule has 5 nitrogen and oxygen atoms in total. The predicted octanol–water partition coefficient (Wildman–Crippen LogP) is 5.25. The second kappa shape index (κ2) is 8.04. The number of aromatic nitrogens is 2. The van der Waals surface area contributed by atoms with E-state index in [4.69, 9.17) is 10.5 Å². The van der Waals surface area contributed by atoms with E-state index in [0.717, 1.165) is 16.5 Å². The number of halogens is 3. The Morgan fingerprint density at radius 3 is 2.58 bits per heavy atom. The Morgan fingerprint density at radius 2 is 1.90 bits per heavy atom. The summed E-state index contributed by atoms with van der Waals surface area (Å²) in [7, 11) is 0. The van der Waals surface area contributed by atoms with Crippen molar-refractivity contribution in [2.75, 3.05) is 0 Å². The molecule has 0 amide bonds. The number of H-pyrrole nitrogens is 1. The molecule has 2 aromatic carbocycles. The Morgan fingerprint density at radius 1 is 1.19 bits per heavy atom. The minimum absolute atomic E-state index is 0.0676. The van der Waals surface area contributed by atoms with Gasteiger partial charge in [-0.05, 0) is 30.7 Å². The van der Waals surface area contributed by atoms with Gasteiger partial charge >= 0.3 is 6.18 Å². The first-order valence-corrected chi connectivity index (χ1v) is 10.3. The van der Waals surface area contributed by atoms with Crippen LogP contribution in [0.15, 0.2) is 64.9 Å². The van der Waals surface area contributed by atoms with Gasteiger partial charge in [0.25, 0.3) is 0 Å². The number of benzene rings is 2. The Labute approximate surface area is 180 Å². The van der Waals surface area contributed by atoms with E-state index in [9.17, 15) is 18.4 Å². The van der Waals surface area contributed by atoms with Gasteiger partial charge in [-0.2, -0.15) is 18.4 Å². The van der Waals surface area contributed by atoms with E-state index in [1.807, 2.05) is 37.3 Å². The molecular weight excluding hydrogens is 425 g/mol. The molecule has 0 radical (unpaired) electrons. The fourth-order valence-corrected chi connectivity index (χ4v) is 4.39. The summed E-state index contributed by atoms with van der Waals surface area (Å²) in [4.78, 5) is 0.994. The number of alkyl halides is 3. The summed E-state index contributed by atoms with van der Waals surface area (Å²) in [5, 5.41) is 16.6. The molecule has 4 rings (SSSR count). The monoisotopic (exact) mass is 442 g/mol. The van der Waals surface area contributed by atoms with Crippen molar-refractivity contribution in [3.05, 3.63) is 87.9 Å². The molecule has 0 unspecified atom stereocenters. The molecule has 1 aliphatic heterocycles. The van der Waals surface area contributed by atoms with Gasteiger partial charge in [-0.15, -0.1) is 16.9 Å². The predicted molar refractivity (Wildman–Crippen MR) is 110 cm³/mol. The summed E-state index contributed by atoms with van der Waals surface area (Å²) in [6.45, 7) is 1.99. The summed E-state index contributed by atoms with van der Waals surface area (Å²) < 4.78 is 46.7. The number of fused-ring (bicyclic) bond motifs is 1. The van der Waals surface area contributed by atoms with Gasteiger partial charge in [0.2, 0.25) is 11.8 Å². The van der Waals surface area contributed by atoms with E-state index in [-0.39, 0.29) is 22.9 Å². The van der Waals surface area contributed by atoms with Gasteiger partial charge in [0.1, 0.15) is 11.6 Å². The van der Waals surface area contributed by atoms with Gasteiger partial charge in [-0.3, -0.25) is 5.10 Å². The minimum Gasteiger partial charge on any atom is -0.420 e. The number of nitrogens with zero attached hydrogens (tertiary/aromatic N) is 2. The maximum atomic E-state index is 13.7. The number of rotatable bonds is 4. The fourth-order valence-electron chi connectivity index (χ4n) is 3.53. The molecule has 0 fully saturated rings. The van der Waals surface area contributed by atoms with Crippen LogP contribution in [0, 0.1) is 18.3 Å². The molecule has 9 heteroatoms. The molecule has 158 valence electrons. The Kier molecular flexibility index (Phi) is 5.41. The second-order valence-electron chi connectivity index (χ2n) is 7.03. The maximum Gasteiger partial charge on any atom is 0.416 e. The molecule has 3 aromatic rings. The number of nitriles is 1. The van der Waals surface area contributed by atoms with Gasteiger partial charge < -0.3 is 10.5 Å². The van der Waals surface area contributed by atoms with Crippen molar-refractivity contribution < 1.29 is 17.9 Å². The molecule has 1 aromatic heterocycles. The van der Waals surface area contributed by atoms with Gasteiger partial charge in [0.15, 0.2) is 0 Å². The van der Waals surface area contributed by atoms with Crippen LogP contribution in [0.3, 0.4) is 0 Å². The fraction of sp³-hybridized carbons (Fsp3) is 0.182. The molecule has 31 heavy (non-hydrogen) atoms. The number of hydrogen-bond donors (Lipinski definition) is 2. The minimum atomic E-state index is -4.59. The molecule has 0 aliphatic carbocycles. The van der Waals surface area contributed by atoms with Crippen LogP contribution >= 0.6 is 11.8 Å². The van der Waals surface area contributed by atoms with Crippen LogP contribution in [0.25, 0.3) is 0 Å². The molecule has 0 bridgehead atoms. The highest BCUT2D eigenvalue weighted by Gasteiger charge is 2.41. The molecule has 0 saturated carbocycles. The van der Waals surface area contributed by atoms with Crippen molar-refractivity contribution in [2.45, 2.75) is 29.7 Å². The maximum absolute atomic E-state index is 13.7. The van der Waals surface area contributed by atoms with Gasteiger partial charge in [-0.1, -0.05) is 35.9 Å². The lowest BCUT2D eigenvalue weighted by atomic mass is 9.82. The molecule has 0 saturated heterocycles. The number of aryl methyl sites for hydroxylation is 1. The Hall–Kier alpha value is -3.38. The van der Waals surface area contributed by atoms with Crippen LogP contribution in [0.4, 0.5) is 13.2 Å². The van der Waals surface area contributed by atoms with Crippen LogP contribution in [0.5, 0.6) is 5.88 Å². The van der Waals surface area contributed by atoms with E-state index in [1.54, 1.807) is 0 Å². The van der Waals surface area contributed by atoms with Crippen molar-refractivity contribution in [1.29, 1.82) is 5.26 Å². The number of allylic oxidation sites excluding steroid dienone is 1. The summed E-state index contributed by atoms with van der Waals surface area (Å²) >= 11 is 1.50. The van der Waals surface area contributed by atoms with Crippen LogP contribution in [-0.4, -0.2) is 10.2 Å². The lowest BCUT2D eigenvalue weighted by Crippen LogP contribution is -2.23. The smallest absolute Gasteiger partial charge is 0.416 e.